The molecule has 1 atom stereocenters. The van der Waals surface area contributed by atoms with Crippen molar-refractivity contribution in [2.24, 2.45) is 5.92 Å². The SMILES string of the molecule is CC(C(=O)N1CCC(Cc2ccccc2C(=O)O)CC1)c1ccsc1. The molecular weight excluding hydrogens is 334 g/mol. The maximum Gasteiger partial charge on any atom is 0.335 e. The van der Waals surface area contributed by atoms with Crippen molar-refractivity contribution in [1.82, 2.24) is 4.90 Å². The number of benzene rings is 1. The van der Waals surface area contributed by atoms with Gasteiger partial charge in [0, 0.05) is 13.1 Å². The molecule has 5 heteroatoms. The van der Waals surface area contributed by atoms with E-state index in [1.54, 1.807) is 23.5 Å². The van der Waals surface area contributed by atoms with Gasteiger partial charge in [0.2, 0.25) is 5.91 Å². The summed E-state index contributed by atoms with van der Waals surface area (Å²) in [7, 11) is 0. The minimum absolute atomic E-state index is 0.0875. The van der Waals surface area contributed by atoms with E-state index in [2.05, 4.69) is 0 Å². The maximum absolute atomic E-state index is 12.7. The number of nitrogens with zero attached hydrogens (tertiary/aromatic N) is 1. The van der Waals surface area contributed by atoms with Gasteiger partial charge in [0.1, 0.15) is 0 Å². The number of carbonyl (C=O) groups is 2. The third kappa shape index (κ3) is 4.10. The molecule has 1 N–H and O–H groups in total. The quantitative estimate of drug-likeness (QED) is 0.879. The molecule has 2 heterocycles. The summed E-state index contributed by atoms with van der Waals surface area (Å²) in [6.07, 6.45) is 2.62. The maximum atomic E-state index is 12.7. The fraction of sp³-hybridized carbons (Fsp3) is 0.400. The summed E-state index contributed by atoms with van der Waals surface area (Å²) in [5.41, 5.74) is 2.38. The van der Waals surface area contributed by atoms with Crippen LogP contribution in [0.3, 0.4) is 0 Å². The molecule has 0 saturated carbocycles. The second-order valence-electron chi connectivity index (χ2n) is 6.71. The third-order valence-corrected chi connectivity index (χ3v) is 5.80. The van der Waals surface area contributed by atoms with Gasteiger partial charge in [-0.1, -0.05) is 18.2 Å². The van der Waals surface area contributed by atoms with Gasteiger partial charge in [-0.2, -0.15) is 11.3 Å². The van der Waals surface area contributed by atoms with Crippen molar-refractivity contribution in [3.8, 4) is 0 Å². The molecule has 0 aliphatic carbocycles. The van der Waals surface area contributed by atoms with Crippen LogP contribution in [-0.2, 0) is 11.2 Å². The molecule has 1 aliphatic rings. The van der Waals surface area contributed by atoms with E-state index in [1.807, 2.05) is 40.8 Å². The van der Waals surface area contributed by atoms with Gasteiger partial charge in [0.25, 0.3) is 0 Å². The second-order valence-corrected chi connectivity index (χ2v) is 7.49. The number of hydrogen-bond acceptors (Lipinski definition) is 3. The van der Waals surface area contributed by atoms with Crippen LogP contribution in [0, 0.1) is 5.92 Å². The van der Waals surface area contributed by atoms with E-state index in [0.717, 1.165) is 43.5 Å². The monoisotopic (exact) mass is 357 g/mol. The zero-order valence-electron chi connectivity index (χ0n) is 14.4. The average molecular weight is 357 g/mol. The summed E-state index contributed by atoms with van der Waals surface area (Å²) in [5, 5.41) is 13.4. The lowest BCUT2D eigenvalue weighted by molar-refractivity contribution is -0.133. The van der Waals surface area contributed by atoms with Crippen LogP contribution < -0.4 is 0 Å². The highest BCUT2D eigenvalue weighted by atomic mass is 32.1. The summed E-state index contributed by atoms with van der Waals surface area (Å²) in [4.78, 5) is 26.0. The lowest BCUT2D eigenvalue weighted by Gasteiger charge is -2.33. The Kier molecular flexibility index (Phi) is 5.53. The van der Waals surface area contributed by atoms with E-state index in [4.69, 9.17) is 0 Å². The lowest BCUT2D eigenvalue weighted by atomic mass is 9.88. The Balaban J connectivity index is 1.57. The molecule has 132 valence electrons. The van der Waals surface area contributed by atoms with Crippen LogP contribution >= 0.6 is 11.3 Å². The summed E-state index contributed by atoms with van der Waals surface area (Å²) in [5.74, 6) is -0.327. The third-order valence-electron chi connectivity index (χ3n) is 5.10. The Morgan fingerprint density at radius 1 is 1.24 bits per heavy atom. The lowest BCUT2D eigenvalue weighted by Crippen LogP contribution is -2.40. The summed E-state index contributed by atoms with van der Waals surface area (Å²) >= 11 is 1.62. The van der Waals surface area contributed by atoms with Crippen molar-refractivity contribution in [2.75, 3.05) is 13.1 Å². The van der Waals surface area contributed by atoms with Gasteiger partial charge in [-0.15, -0.1) is 0 Å². The molecule has 0 spiro atoms. The fourth-order valence-corrected chi connectivity index (χ4v) is 4.27. The van der Waals surface area contributed by atoms with E-state index < -0.39 is 5.97 Å². The molecule has 3 rings (SSSR count). The fourth-order valence-electron chi connectivity index (χ4n) is 3.51. The van der Waals surface area contributed by atoms with Crippen LogP contribution in [0.15, 0.2) is 41.1 Å². The number of hydrogen-bond donors (Lipinski definition) is 1. The van der Waals surface area contributed by atoms with Gasteiger partial charge in [-0.3, -0.25) is 4.79 Å². The number of likely N-dealkylation sites (tertiary alicyclic amines) is 1. The Morgan fingerprint density at radius 2 is 1.96 bits per heavy atom. The van der Waals surface area contributed by atoms with Crippen LogP contribution in [0.1, 0.15) is 47.2 Å². The standard InChI is InChI=1S/C20H23NO3S/c1-14(17-8-11-25-13-17)19(22)21-9-6-15(7-10-21)12-16-4-2-3-5-18(16)20(23)24/h2-5,8,11,13-15H,6-7,9-10,12H2,1H3,(H,23,24). The molecule has 1 amide bonds. The molecule has 1 aromatic heterocycles. The van der Waals surface area contributed by atoms with Gasteiger partial charge in [-0.05, 0) is 66.1 Å². The van der Waals surface area contributed by atoms with Crippen molar-refractivity contribution in [1.29, 1.82) is 0 Å². The Hall–Kier alpha value is -2.14. The highest BCUT2D eigenvalue weighted by molar-refractivity contribution is 7.08. The van der Waals surface area contributed by atoms with E-state index in [-0.39, 0.29) is 11.8 Å². The zero-order chi connectivity index (χ0) is 17.8. The van der Waals surface area contributed by atoms with Gasteiger partial charge in [0.15, 0.2) is 0 Å². The number of carbonyl (C=O) groups excluding carboxylic acids is 1. The van der Waals surface area contributed by atoms with E-state index in [0.29, 0.717) is 11.5 Å². The molecule has 0 bridgehead atoms. The van der Waals surface area contributed by atoms with Crippen molar-refractivity contribution in [3.05, 3.63) is 57.8 Å². The topological polar surface area (TPSA) is 57.6 Å². The van der Waals surface area contributed by atoms with E-state index >= 15 is 0 Å². The van der Waals surface area contributed by atoms with Gasteiger partial charge in [0.05, 0.1) is 11.5 Å². The number of thiophene rings is 1. The molecule has 4 nitrogen and oxygen atoms in total. The highest BCUT2D eigenvalue weighted by Crippen LogP contribution is 2.27. The first-order valence-electron chi connectivity index (χ1n) is 8.68. The largest absolute Gasteiger partial charge is 0.478 e. The Labute approximate surface area is 152 Å². The molecule has 1 aromatic carbocycles. The van der Waals surface area contributed by atoms with Gasteiger partial charge in [-0.25, -0.2) is 4.79 Å². The van der Waals surface area contributed by atoms with Crippen molar-refractivity contribution in [3.63, 3.8) is 0 Å². The average Bonchev–Trinajstić information content (AvgIpc) is 3.16. The molecule has 1 saturated heterocycles. The minimum atomic E-state index is -0.868. The van der Waals surface area contributed by atoms with Crippen LogP contribution in [0.5, 0.6) is 0 Å². The number of piperidine rings is 1. The summed E-state index contributed by atoms with van der Waals surface area (Å²) in [6.45, 7) is 3.49. The number of carboxylic acids is 1. The molecule has 2 aromatic rings. The molecule has 0 radical (unpaired) electrons. The molecule has 25 heavy (non-hydrogen) atoms. The molecule has 1 fully saturated rings. The van der Waals surface area contributed by atoms with Gasteiger partial charge >= 0.3 is 5.97 Å². The first-order chi connectivity index (χ1) is 12.1. The number of rotatable bonds is 5. The van der Waals surface area contributed by atoms with Crippen molar-refractivity contribution in [2.45, 2.75) is 32.1 Å². The van der Waals surface area contributed by atoms with Crippen LogP contribution in [-0.4, -0.2) is 35.0 Å². The smallest absolute Gasteiger partial charge is 0.335 e. The van der Waals surface area contributed by atoms with Gasteiger partial charge < -0.3 is 10.0 Å². The van der Waals surface area contributed by atoms with Crippen LogP contribution in [0.25, 0.3) is 0 Å². The molecule has 1 aliphatic heterocycles. The Bertz CT molecular complexity index is 733. The predicted octanol–water partition coefficient (Wildman–Crippen LogP) is 4.03. The minimum Gasteiger partial charge on any atom is -0.478 e. The van der Waals surface area contributed by atoms with E-state index in [1.165, 1.54) is 0 Å². The highest BCUT2D eigenvalue weighted by Gasteiger charge is 2.27. The van der Waals surface area contributed by atoms with Crippen molar-refractivity contribution >= 4 is 23.2 Å². The summed E-state index contributed by atoms with van der Waals surface area (Å²) in [6, 6.07) is 9.24. The van der Waals surface area contributed by atoms with E-state index in [9.17, 15) is 14.7 Å². The Morgan fingerprint density at radius 3 is 2.60 bits per heavy atom. The predicted molar refractivity (Wildman–Crippen MR) is 99.1 cm³/mol. The number of aromatic carboxylic acids is 1. The first kappa shape index (κ1) is 17.7. The van der Waals surface area contributed by atoms with Crippen LogP contribution in [0.4, 0.5) is 0 Å². The zero-order valence-corrected chi connectivity index (χ0v) is 15.2. The normalized spacial score (nSPS) is 16.6. The first-order valence-corrected chi connectivity index (χ1v) is 9.62. The molecular formula is C20H23NO3S. The number of carboxylic acid groups (broad SMARTS) is 1. The molecule has 1 unspecified atom stereocenters. The second kappa shape index (κ2) is 7.83. The van der Waals surface area contributed by atoms with Crippen LogP contribution in [0.2, 0.25) is 0 Å². The van der Waals surface area contributed by atoms with Crippen molar-refractivity contribution < 1.29 is 14.7 Å². The number of amides is 1. The summed E-state index contributed by atoms with van der Waals surface area (Å²) < 4.78 is 0.